The van der Waals surface area contributed by atoms with Crippen LogP contribution in [0.5, 0.6) is 0 Å². The van der Waals surface area contributed by atoms with Crippen LogP contribution >= 0.6 is 0 Å². The van der Waals surface area contributed by atoms with Gasteiger partial charge in [0.2, 0.25) is 0 Å². The summed E-state index contributed by atoms with van der Waals surface area (Å²) in [6, 6.07) is 8.04. The second kappa shape index (κ2) is 8.02. The molecule has 0 radical (unpaired) electrons. The predicted molar refractivity (Wildman–Crippen MR) is 94.8 cm³/mol. The molecular formula is C19H30N2O. The summed E-state index contributed by atoms with van der Waals surface area (Å²) < 4.78 is 0. The van der Waals surface area contributed by atoms with E-state index < -0.39 is 5.54 Å². The zero-order valence-electron chi connectivity index (χ0n) is 14.6. The number of nitrogens with one attached hydrogen (secondary N) is 2. The summed E-state index contributed by atoms with van der Waals surface area (Å²) in [5.74, 6) is 0.672. The number of allylic oxidation sites excluding steroid dienone is 1. The molecule has 0 aliphatic carbocycles. The third kappa shape index (κ3) is 5.92. The van der Waals surface area contributed by atoms with Crippen molar-refractivity contribution in [2.75, 3.05) is 6.54 Å². The Morgan fingerprint density at radius 2 is 2.00 bits per heavy atom. The average Bonchev–Trinajstić information content (AvgIpc) is 2.43. The smallest absolute Gasteiger partial charge is 0.315 e. The molecule has 0 fully saturated rings. The molecule has 0 unspecified atom stereocenters. The molecule has 2 N–H and O–H groups in total. The van der Waals surface area contributed by atoms with Gasteiger partial charge in [-0.25, -0.2) is 4.79 Å². The van der Waals surface area contributed by atoms with Crippen molar-refractivity contribution in [3.05, 3.63) is 42.0 Å². The van der Waals surface area contributed by atoms with Crippen LogP contribution in [0.4, 0.5) is 4.79 Å². The molecule has 0 atom stereocenters. The normalized spacial score (nSPS) is 11.4. The minimum Gasteiger partial charge on any atom is -0.338 e. The van der Waals surface area contributed by atoms with Crippen molar-refractivity contribution in [3.8, 4) is 0 Å². The van der Waals surface area contributed by atoms with Gasteiger partial charge in [0.05, 0.1) is 5.54 Å². The van der Waals surface area contributed by atoms with Gasteiger partial charge in [-0.3, -0.25) is 0 Å². The third-order valence-corrected chi connectivity index (χ3v) is 3.75. The Morgan fingerprint density at radius 1 is 1.32 bits per heavy atom. The van der Waals surface area contributed by atoms with Gasteiger partial charge in [0.25, 0.3) is 0 Å². The molecule has 1 aromatic rings. The molecule has 0 heterocycles. The summed E-state index contributed by atoms with van der Waals surface area (Å²) in [4.78, 5) is 12.1. The molecule has 0 bridgehead atoms. The molecule has 2 amide bonds. The van der Waals surface area contributed by atoms with E-state index in [0.717, 1.165) is 29.5 Å². The number of hydrogen-bond donors (Lipinski definition) is 2. The number of carbonyl (C=O) groups excluding carboxylic acids is 1. The van der Waals surface area contributed by atoms with Crippen molar-refractivity contribution >= 4 is 11.6 Å². The van der Waals surface area contributed by atoms with E-state index in [1.807, 2.05) is 39.0 Å². The van der Waals surface area contributed by atoms with Crippen molar-refractivity contribution in [2.45, 2.75) is 53.0 Å². The second-order valence-corrected chi connectivity index (χ2v) is 6.90. The maximum Gasteiger partial charge on any atom is 0.315 e. The van der Waals surface area contributed by atoms with Crippen LogP contribution in [0.15, 0.2) is 30.8 Å². The maximum absolute atomic E-state index is 12.1. The molecule has 0 saturated carbocycles. The first-order chi connectivity index (χ1) is 10.2. The number of hydrogen-bond acceptors (Lipinski definition) is 1. The molecule has 122 valence electrons. The van der Waals surface area contributed by atoms with E-state index in [9.17, 15) is 4.79 Å². The van der Waals surface area contributed by atoms with E-state index in [1.54, 1.807) is 0 Å². The molecule has 1 aromatic carbocycles. The molecule has 3 heteroatoms. The molecule has 1 rings (SSSR count). The largest absolute Gasteiger partial charge is 0.338 e. The van der Waals surface area contributed by atoms with Gasteiger partial charge >= 0.3 is 6.03 Å². The summed E-state index contributed by atoms with van der Waals surface area (Å²) in [6.45, 7) is 15.1. The minimum absolute atomic E-state index is 0.116. The van der Waals surface area contributed by atoms with Crippen LogP contribution in [-0.2, 0) is 5.54 Å². The van der Waals surface area contributed by atoms with Gasteiger partial charge in [0.1, 0.15) is 0 Å². The van der Waals surface area contributed by atoms with Crippen LogP contribution in [0.1, 0.15) is 58.6 Å². The fraction of sp³-hybridized carbons (Fsp3) is 0.526. The van der Waals surface area contributed by atoms with Crippen LogP contribution in [0.3, 0.4) is 0 Å². The molecular weight excluding hydrogens is 272 g/mol. The highest BCUT2D eigenvalue weighted by molar-refractivity contribution is 5.75. The van der Waals surface area contributed by atoms with Crippen molar-refractivity contribution in [2.24, 2.45) is 5.92 Å². The third-order valence-electron chi connectivity index (χ3n) is 3.75. The van der Waals surface area contributed by atoms with E-state index in [0.29, 0.717) is 12.5 Å². The quantitative estimate of drug-likeness (QED) is 0.705. The lowest BCUT2D eigenvalue weighted by molar-refractivity contribution is 0.229. The van der Waals surface area contributed by atoms with Crippen molar-refractivity contribution in [1.82, 2.24) is 10.6 Å². The Morgan fingerprint density at radius 3 is 2.59 bits per heavy atom. The van der Waals surface area contributed by atoms with Gasteiger partial charge < -0.3 is 10.6 Å². The zero-order valence-corrected chi connectivity index (χ0v) is 14.6. The van der Waals surface area contributed by atoms with Gasteiger partial charge in [0.15, 0.2) is 0 Å². The van der Waals surface area contributed by atoms with Gasteiger partial charge in [-0.1, -0.05) is 44.2 Å². The zero-order chi connectivity index (χ0) is 16.8. The van der Waals surface area contributed by atoms with Crippen molar-refractivity contribution in [3.63, 3.8) is 0 Å². The monoisotopic (exact) mass is 302 g/mol. The van der Waals surface area contributed by atoms with E-state index >= 15 is 0 Å². The Bertz CT molecular complexity index is 518. The first kappa shape index (κ1) is 18.3. The number of urea groups is 1. The predicted octanol–water partition coefficient (Wildman–Crippen LogP) is 4.69. The lowest BCUT2D eigenvalue weighted by Crippen LogP contribution is -2.46. The Hall–Kier alpha value is -1.77. The summed E-state index contributed by atoms with van der Waals surface area (Å²) in [6.07, 6.45) is 2.14. The summed E-state index contributed by atoms with van der Waals surface area (Å²) in [5, 5.41) is 5.98. The second-order valence-electron chi connectivity index (χ2n) is 6.90. The fourth-order valence-electron chi connectivity index (χ4n) is 2.29. The summed E-state index contributed by atoms with van der Waals surface area (Å²) in [5.41, 5.74) is 2.78. The molecule has 0 spiro atoms. The molecule has 0 saturated heterocycles. The van der Waals surface area contributed by atoms with Crippen LogP contribution in [-0.4, -0.2) is 12.6 Å². The fourth-order valence-corrected chi connectivity index (χ4v) is 2.29. The minimum atomic E-state index is -0.423. The standard InChI is InChI=1S/C19H30N2O/c1-14(2)9-8-12-20-18(22)21-19(5,6)17-11-7-10-16(13-17)15(3)4/h7,10-11,13-14H,3,8-9,12H2,1-2,4-6H3,(H2,20,21,22). The molecule has 22 heavy (non-hydrogen) atoms. The number of benzene rings is 1. The maximum atomic E-state index is 12.1. The van der Waals surface area contributed by atoms with Crippen LogP contribution in [0.25, 0.3) is 5.57 Å². The van der Waals surface area contributed by atoms with Crippen molar-refractivity contribution < 1.29 is 4.79 Å². The van der Waals surface area contributed by atoms with E-state index in [-0.39, 0.29) is 6.03 Å². The number of rotatable bonds is 7. The lowest BCUT2D eigenvalue weighted by atomic mass is 9.92. The number of carbonyl (C=O) groups is 1. The van der Waals surface area contributed by atoms with E-state index in [1.165, 1.54) is 0 Å². The first-order valence-electron chi connectivity index (χ1n) is 8.05. The summed E-state index contributed by atoms with van der Waals surface area (Å²) >= 11 is 0. The Balaban J connectivity index is 2.60. The van der Waals surface area contributed by atoms with E-state index in [4.69, 9.17) is 0 Å². The van der Waals surface area contributed by atoms with E-state index in [2.05, 4.69) is 37.1 Å². The van der Waals surface area contributed by atoms with Gasteiger partial charge in [-0.15, -0.1) is 0 Å². The summed E-state index contributed by atoms with van der Waals surface area (Å²) in [7, 11) is 0. The highest BCUT2D eigenvalue weighted by Gasteiger charge is 2.22. The van der Waals surface area contributed by atoms with Crippen LogP contribution in [0, 0.1) is 5.92 Å². The topological polar surface area (TPSA) is 41.1 Å². The SMILES string of the molecule is C=C(C)c1cccc(C(C)(C)NC(=O)NCCCC(C)C)c1. The Labute approximate surface area is 135 Å². The highest BCUT2D eigenvalue weighted by Crippen LogP contribution is 2.23. The van der Waals surface area contributed by atoms with Gasteiger partial charge in [-0.2, -0.15) is 0 Å². The molecule has 0 aromatic heterocycles. The average molecular weight is 302 g/mol. The number of amides is 2. The highest BCUT2D eigenvalue weighted by atomic mass is 16.2. The molecule has 0 aliphatic heterocycles. The van der Waals surface area contributed by atoms with Gasteiger partial charge in [0, 0.05) is 6.54 Å². The van der Waals surface area contributed by atoms with Crippen LogP contribution in [0.2, 0.25) is 0 Å². The molecule has 3 nitrogen and oxygen atoms in total. The molecule has 0 aliphatic rings. The van der Waals surface area contributed by atoms with Crippen LogP contribution < -0.4 is 10.6 Å². The Kier molecular flexibility index (Phi) is 6.66. The lowest BCUT2D eigenvalue weighted by Gasteiger charge is -2.27. The van der Waals surface area contributed by atoms with Crippen molar-refractivity contribution in [1.29, 1.82) is 0 Å². The van der Waals surface area contributed by atoms with Gasteiger partial charge in [-0.05, 0) is 56.7 Å². The first-order valence-corrected chi connectivity index (χ1v) is 8.05.